The third kappa shape index (κ3) is 4.48. The van der Waals surface area contributed by atoms with Crippen molar-refractivity contribution in [3.63, 3.8) is 0 Å². The van der Waals surface area contributed by atoms with Crippen LogP contribution in [0.5, 0.6) is 0 Å². The van der Waals surface area contributed by atoms with Crippen LogP contribution >= 0.6 is 0 Å². The van der Waals surface area contributed by atoms with Crippen molar-refractivity contribution in [2.45, 2.75) is 26.2 Å². The summed E-state index contributed by atoms with van der Waals surface area (Å²) in [6, 6.07) is 13.5. The molecule has 0 atom stereocenters. The van der Waals surface area contributed by atoms with Gasteiger partial charge in [0.2, 0.25) is 5.91 Å². The maximum Gasteiger partial charge on any atom is 0.272 e. The van der Waals surface area contributed by atoms with E-state index in [2.05, 4.69) is 24.0 Å². The van der Waals surface area contributed by atoms with Crippen LogP contribution in [0, 0.1) is 6.92 Å². The largest absolute Gasteiger partial charge is 0.341 e. The molecule has 1 aliphatic rings. The highest BCUT2D eigenvalue weighted by atomic mass is 16.2. The first kappa shape index (κ1) is 18.1. The van der Waals surface area contributed by atoms with Gasteiger partial charge in [-0.3, -0.25) is 14.6 Å². The van der Waals surface area contributed by atoms with E-state index in [4.69, 9.17) is 0 Å². The summed E-state index contributed by atoms with van der Waals surface area (Å²) < 4.78 is 0. The summed E-state index contributed by atoms with van der Waals surface area (Å²) >= 11 is 0. The number of hydrogen-bond donors (Lipinski definition) is 0. The summed E-state index contributed by atoms with van der Waals surface area (Å²) in [7, 11) is 0. The molecular formula is C21H25N3O2. The molecule has 5 heteroatoms. The Morgan fingerprint density at radius 1 is 0.962 bits per heavy atom. The lowest BCUT2D eigenvalue weighted by atomic mass is 10.0. The molecule has 0 bridgehead atoms. The van der Waals surface area contributed by atoms with Crippen LogP contribution < -0.4 is 0 Å². The molecule has 2 heterocycles. The number of carbonyl (C=O) groups excluding carboxylic acids is 2. The summed E-state index contributed by atoms with van der Waals surface area (Å²) in [6.45, 7) is 4.60. The second-order valence-electron chi connectivity index (χ2n) is 6.67. The van der Waals surface area contributed by atoms with Gasteiger partial charge >= 0.3 is 0 Å². The Bertz CT molecular complexity index is 761. The average molecular weight is 351 g/mol. The number of benzene rings is 1. The third-order valence-electron chi connectivity index (χ3n) is 4.89. The van der Waals surface area contributed by atoms with E-state index in [0.29, 0.717) is 38.3 Å². The van der Waals surface area contributed by atoms with Crippen molar-refractivity contribution in [1.82, 2.24) is 14.8 Å². The van der Waals surface area contributed by atoms with Crippen LogP contribution in [0.25, 0.3) is 0 Å². The first-order valence-electron chi connectivity index (χ1n) is 9.18. The molecular weight excluding hydrogens is 326 g/mol. The summed E-state index contributed by atoms with van der Waals surface area (Å²) in [4.78, 5) is 33.0. The van der Waals surface area contributed by atoms with Crippen LogP contribution in [0.1, 0.15) is 34.5 Å². The number of amides is 2. The molecule has 0 radical (unpaired) electrons. The van der Waals surface area contributed by atoms with Gasteiger partial charge in [-0.05, 0) is 43.0 Å². The number of rotatable bonds is 4. The Hall–Kier alpha value is -2.69. The Balaban J connectivity index is 1.54. The Labute approximate surface area is 154 Å². The van der Waals surface area contributed by atoms with Crippen molar-refractivity contribution in [2.75, 3.05) is 26.2 Å². The maximum atomic E-state index is 12.6. The summed E-state index contributed by atoms with van der Waals surface area (Å²) in [5.74, 6) is 0.111. The molecule has 2 aromatic rings. The van der Waals surface area contributed by atoms with Gasteiger partial charge in [0.25, 0.3) is 5.91 Å². The fraction of sp³-hybridized carbons (Fsp3) is 0.381. The fourth-order valence-corrected chi connectivity index (χ4v) is 3.31. The van der Waals surface area contributed by atoms with Crippen molar-refractivity contribution in [2.24, 2.45) is 0 Å². The number of aryl methyl sites for hydroxylation is 2. The van der Waals surface area contributed by atoms with Crippen LogP contribution in [-0.4, -0.2) is 52.8 Å². The summed E-state index contributed by atoms with van der Waals surface area (Å²) in [6.07, 6.45) is 3.71. The number of carbonyl (C=O) groups is 2. The molecule has 1 aliphatic heterocycles. The van der Waals surface area contributed by atoms with Crippen molar-refractivity contribution in [1.29, 1.82) is 0 Å². The van der Waals surface area contributed by atoms with Crippen LogP contribution in [-0.2, 0) is 11.2 Å². The van der Waals surface area contributed by atoms with Crippen LogP contribution in [0.3, 0.4) is 0 Å². The van der Waals surface area contributed by atoms with Crippen LogP contribution in [0.2, 0.25) is 0 Å². The zero-order valence-corrected chi connectivity index (χ0v) is 15.2. The Morgan fingerprint density at radius 2 is 1.69 bits per heavy atom. The van der Waals surface area contributed by atoms with E-state index in [9.17, 15) is 9.59 Å². The molecule has 1 fully saturated rings. The van der Waals surface area contributed by atoms with Gasteiger partial charge in [-0.2, -0.15) is 0 Å². The molecule has 3 rings (SSSR count). The van der Waals surface area contributed by atoms with Gasteiger partial charge in [0, 0.05) is 38.8 Å². The number of pyridine rings is 1. The van der Waals surface area contributed by atoms with E-state index in [1.807, 2.05) is 23.1 Å². The van der Waals surface area contributed by atoms with Crippen molar-refractivity contribution >= 4 is 11.8 Å². The molecule has 0 spiro atoms. The van der Waals surface area contributed by atoms with E-state index in [1.54, 1.807) is 23.2 Å². The third-order valence-corrected chi connectivity index (χ3v) is 4.89. The van der Waals surface area contributed by atoms with E-state index < -0.39 is 0 Å². The van der Waals surface area contributed by atoms with E-state index in [1.165, 1.54) is 11.1 Å². The second-order valence-corrected chi connectivity index (χ2v) is 6.67. The van der Waals surface area contributed by atoms with Gasteiger partial charge in [0.15, 0.2) is 0 Å². The average Bonchev–Trinajstić information content (AvgIpc) is 2.93. The van der Waals surface area contributed by atoms with Crippen molar-refractivity contribution in [3.05, 3.63) is 65.5 Å². The molecule has 0 unspecified atom stereocenters. The smallest absolute Gasteiger partial charge is 0.272 e. The highest BCUT2D eigenvalue weighted by Gasteiger charge is 2.23. The van der Waals surface area contributed by atoms with Crippen LogP contribution in [0.4, 0.5) is 0 Å². The van der Waals surface area contributed by atoms with Gasteiger partial charge < -0.3 is 9.80 Å². The minimum Gasteiger partial charge on any atom is -0.341 e. The minimum atomic E-state index is -0.0557. The topological polar surface area (TPSA) is 53.5 Å². The predicted molar refractivity (Wildman–Crippen MR) is 101 cm³/mol. The lowest BCUT2D eigenvalue weighted by Gasteiger charge is -2.22. The molecule has 1 aromatic heterocycles. The number of aromatic nitrogens is 1. The van der Waals surface area contributed by atoms with Gasteiger partial charge in [-0.25, -0.2) is 0 Å². The van der Waals surface area contributed by atoms with Crippen molar-refractivity contribution in [3.8, 4) is 0 Å². The lowest BCUT2D eigenvalue weighted by Crippen LogP contribution is -2.37. The Kier molecular flexibility index (Phi) is 6.00. The second kappa shape index (κ2) is 8.61. The van der Waals surface area contributed by atoms with Crippen LogP contribution in [0.15, 0.2) is 48.7 Å². The summed E-state index contributed by atoms with van der Waals surface area (Å²) in [5, 5.41) is 0. The quantitative estimate of drug-likeness (QED) is 0.851. The molecule has 2 amide bonds. The maximum absolute atomic E-state index is 12.6. The van der Waals surface area contributed by atoms with E-state index in [0.717, 1.165) is 12.8 Å². The van der Waals surface area contributed by atoms with Gasteiger partial charge in [-0.1, -0.05) is 30.3 Å². The summed E-state index contributed by atoms with van der Waals surface area (Å²) in [5.41, 5.74) is 2.91. The van der Waals surface area contributed by atoms with Gasteiger partial charge in [0.05, 0.1) is 0 Å². The molecule has 136 valence electrons. The highest BCUT2D eigenvalue weighted by molar-refractivity contribution is 5.92. The zero-order chi connectivity index (χ0) is 18.4. The number of hydrogen-bond acceptors (Lipinski definition) is 3. The molecule has 1 saturated heterocycles. The van der Waals surface area contributed by atoms with Gasteiger partial charge in [-0.15, -0.1) is 0 Å². The monoisotopic (exact) mass is 351 g/mol. The van der Waals surface area contributed by atoms with Gasteiger partial charge in [0.1, 0.15) is 5.69 Å². The predicted octanol–water partition coefficient (Wildman–Crippen LogP) is 2.70. The highest BCUT2D eigenvalue weighted by Crippen LogP contribution is 2.13. The first-order chi connectivity index (χ1) is 12.6. The molecule has 26 heavy (non-hydrogen) atoms. The normalized spacial score (nSPS) is 14.8. The van der Waals surface area contributed by atoms with E-state index in [-0.39, 0.29) is 11.8 Å². The SMILES string of the molecule is Cc1ccccc1CCC(=O)N1CCCN(C(=O)c2ccccn2)CC1. The van der Waals surface area contributed by atoms with E-state index >= 15 is 0 Å². The minimum absolute atomic E-state index is 0.0557. The number of nitrogens with zero attached hydrogens (tertiary/aromatic N) is 3. The molecule has 1 aromatic carbocycles. The molecule has 0 aliphatic carbocycles. The molecule has 0 N–H and O–H groups in total. The standard InChI is InChI=1S/C21H25N3O2/c1-17-7-2-3-8-18(17)10-11-20(25)23-13-6-14-24(16-15-23)21(26)19-9-4-5-12-22-19/h2-5,7-9,12H,6,10-11,13-16H2,1H3. The first-order valence-corrected chi connectivity index (χ1v) is 9.18. The van der Waals surface area contributed by atoms with Crippen molar-refractivity contribution < 1.29 is 9.59 Å². The molecule has 0 saturated carbocycles. The molecule has 5 nitrogen and oxygen atoms in total. The fourth-order valence-electron chi connectivity index (χ4n) is 3.31. The Morgan fingerprint density at radius 3 is 2.46 bits per heavy atom. The zero-order valence-electron chi connectivity index (χ0n) is 15.2. The lowest BCUT2D eigenvalue weighted by molar-refractivity contribution is -0.131.